The molecule has 0 N–H and O–H groups in total. The zero-order valence-corrected chi connectivity index (χ0v) is 10.2. The minimum atomic E-state index is -0.387. The van der Waals surface area contributed by atoms with Gasteiger partial charge in [-0.05, 0) is 25.3 Å². The third-order valence-electron chi connectivity index (χ3n) is 3.54. The molecule has 0 amide bonds. The monoisotopic (exact) mass is 242 g/mol. The largest absolute Gasteiger partial charge is 0.490 e. The molecule has 2 bridgehead atoms. The van der Waals surface area contributed by atoms with Crippen molar-refractivity contribution in [3.63, 3.8) is 0 Å². The summed E-state index contributed by atoms with van der Waals surface area (Å²) in [5, 5.41) is 0. The van der Waals surface area contributed by atoms with E-state index in [-0.39, 0.29) is 17.7 Å². The lowest BCUT2D eigenvalue weighted by molar-refractivity contribution is -0.132. The molecule has 0 radical (unpaired) electrons. The van der Waals surface area contributed by atoms with Gasteiger partial charge in [0.15, 0.2) is 0 Å². The van der Waals surface area contributed by atoms with Crippen LogP contribution < -0.4 is 0 Å². The molecule has 1 aliphatic heterocycles. The normalized spacial score (nSPS) is 26.8. The number of Topliss-reactive ketones (excluding diaryl/α,β-unsaturated/α-hetero) is 2. The molecule has 0 fully saturated rings. The van der Waals surface area contributed by atoms with E-state index in [1.807, 2.05) is 19.1 Å². The Morgan fingerprint density at radius 2 is 1.83 bits per heavy atom. The highest BCUT2D eigenvalue weighted by atomic mass is 16.5. The fourth-order valence-electron chi connectivity index (χ4n) is 2.54. The topological polar surface area (TPSA) is 43.4 Å². The van der Waals surface area contributed by atoms with E-state index >= 15 is 0 Å². The van der Waals surface area contributed by atoms with Gasteiger partial charge in [-0.25, -0.2) is 0 Å². The first kappa shape index (κ1) is 11.2. The van der Waals surface area contributed by atoms with E-state index in [0.717, 1.165) is 12.0 Å². The molecule has 0 saturated heterocycles. The van der Waals surface area contributed by atoms with Crippen molar-refractivity contribution in [2.24, 2.45) is 0 Å². The first-order chi connectivity index (χ1) is 8.66. The molecule has 0 spiro atoms. The molecule has 92 valence electrons. The van der Waals surface area contributed by atoms with Crippen LogP contribution in [0, 0.1) is 0 Å². The maximum absolute atomic E-state index is 12.2. The number of carbonyl (C=O) groups is 2. The van der Waals surface area contributed by atoms with Crippen LogP contribution in [0.1, 0.15) is 26.2 Å². The lowest BCUT2D eigenvalue weighted by Gasteiger charge is -2.25. The fourth-order valence-corrected chi connectivity index (χ4v) is 2.54. The van der Waals surface area contributed by atoms with Crippen LogP contribution in [0.4, 0.5) is 0 Å². The van der Waals surface area contributed by atoms with E-state index in [1.54, 1.807) is 12.2 Å². The molecule has 0 aromatic carbocycles. The highest BCUT2D eigenvalue weighted by Gasteiger charge is 2.35. The predicted octanol–water partition coefficient (Wildman–Crippen LogP) is 2.40. The van der Waals surface area contributed by atoms with Gasteiger partial charge in [-0.15, -0.1) is 0 Å². The summed E-state index contributed by atoms with van der Waals surface area (Å²) in [7, 11) is 0. The fraction of sp³-hybridized carbons (Fsp3) is 0.333. The molecular weight excluding hydrogens is 228 g/mol. The van der Waals surface area contributed by atoms with Crippen LogP contribution in [0.3, 0.4) is 0 Å². The number of ether oxygens (including phenoxy) is 1. The Bertz CT molecular complexity index is 558. The van der Waals surface area contributed by atoms with Gasteiger partial charge in [0.1, 0.15) is 5.76 Å². The maximum atomic E-state index is 12.2. The van der Waals surface area contributed by atoms with Crippen molar-refractivity contribution in [2.75, 3.05) is 0 Å². The van der Waals surface area contributed by atoms with Gasteiger partial charge >= 0.3 is 0 Å². The number of hydrogen-bond acceptors (Lipinski definition) is 3. The Morgan fingerprint density at radius 3 is 2.61 bits per heavy atom. The molecule has 3 aliphatic rings. The highest BCUT2D eigenvalue weighted by molar-refractivity contribution is 6.49. The van der Waals surface area contributed by atoms with Gasteiger partial charge in [0.05, 0.1) is 6.10 Å². The van der Waals surface area contributed by atoms with Crippen molar-refractivity contribution in [2.45, 2.75) is 32.3 Å². The van der Waals surface area contributed by atoms with Crippen molar-refractivity contribution in [3.8, 4) is 0 Å². The van der Waals surface area contributed by atoms with Crippen molar-refractivity contribution in [1.82, 2.24) is 0 Å². The number of carbonyl (C=O) groups excluding carboxylic acids is 2. The summed E-state index contributed by atoms with van der Waals surface area (Å²) in [5.74, 6) is -0.125. The molecule has 0 saturated carbocycles. The smallest absolute Gasteiger partial charge is 0.232 e. The van der Waals surface area contributed by atoms with E-state index in [2.05, 4.69) is 0 Å². The summed E-state index contributed by atoms with van der Waals surface area (Å²) in [6.45, 7) is 1.99. The second-order valence-corrected chi connectivity index (χ2v) is 4.88. The van der Waals surface area contributed by atoms with Crippen LogP contribution in [0.15, 0.2) is 46.8 Å². The summed E-state index contributed by atoms with van der Waals surface area (Å²) in [6.07, 6.45) is 9.36. The average Bonchev–Trinajstić information content (AvgIpc) is 2.66. The Morgan fingerprint density at radius 1 is 1.11 bits per heavy atom. The minimum Gasteiger partial charge on any atom is -0.490 e. The van der Waals surface area contributed by atoms with Crippen molar-refractivity contribution in [3.05, 3.63) is 46.8 Å². The lowest BCUT2D eigenvalue weighted by atomic mass is 9.96. The second-order valence-electron chi connectivity index (χ2n) is 4.88. The van der Waals surface area contributed by atoms with Gasteiger partial charge in [0.25, 0.3) is 0 Å². The third kappa shape index (κ3) is 1.67. The molecule has 0 aromatic rings. The Balaban J connectivity index is 2.18. The quantitative estimate of drug-likeness (QED) is 0.613. The van der Waals surface area contributed by atoms with Gasteiger partial charge < -0.3 is 4.74 Å². The van der Waals surface area contributed by atoms with Gasteiger partial charge in [-0.1, -0.05) is 24.3 Å². The predicted molar refractivity (Wildman–Crippen MR) is 66.7 cm³/mol. The number of ketones is 2. The van der Waals surface area contributed by atoms with Crippen LogP contribution in [0.5, 0.6) is 0 Å². The second kappa shape index (κ2) is 4.09. The van der Waals surface area contributed by atoms with Crippen LogP contribution in [0.25, 0.3) is 0 Å². The van der Waals surface area contributed by atoms with E-state index < -0.39 is 0 Å². The Labute approximate surface area is 106 Å². The first-order valence-electron chi connectivity index (χ1n) is 6.22. The molecule has 3 nitrogen and oxygen atoms in total. The van der Waals surface area contributed by atoms with Gasteiger partial charge in [0.2, 0.25) is 11.6 Å². The molecule has 2 aliphatic carbocycles. The molecule has 1 atom stereocenters. The Hall–Kier alpha value is -1.90. The molecule has 3 rings (SSSR count). The highest BCUT2D eigenvalue weighted by Crippen LogP contribution is 2.36. The third-order valence-corrected chi connectivity index (χ3v) is 3.54. The van der Waals surface area contributed by atoms with Gasteiger partial charge in [0, 0.05) is 17.6 Å². The standard InChI is InChI=1S/C15H14O3/c1-9-6-7-12-14(17)13(16)10-4-2-3-5-11(8-10)15(12)18-9/h2-5,9H,6-8H2,1H3/t9-/m1/s1. The summed E-state index contributed by atoms with van der Waals surface area (Å²) < 4.78 is 5.81. The van der Waals surface area contributed by atoms with E-state index in [4.69, 9.17) is 4.74 Å². The molecule has 18 heavy (non-hydrogen) atoms. The molecular formula is C15H14O3. The zero-order chi connectivity index (χ0) is 12.7. The van der Waals surface area contributed by atoms with E-state index in [1.165, 1.54) is 0 Å². The molecule has 0 aromatic heterocycles. The SMILES string of the molecule is C[C@@H]1CCC2=C(O1)C1=CC=CC=C(C1)C(=O)C2=O. The summed E-state index contributed by atoms with van der Waals surface area (Å²) in [4.78, 5) is 24.2. The van der Waals surface area contributed by atoms with E-state index in [9.17, 15) is 9.59 Å². The van der Waals surface area contributed by atoms with Crippen LogP contribution >= 0.6 is 0 Å². The summed E-state index contributed by atoms with van der Waals surface area (Å²) in [5.41, 5.74) is 2.06. The van der Waals surface area contributed by atoms with Crippen molar-refractivity contribution in [1.29, 1.82) is 0 Å². The summed E-state index contributed by atoms with van der Waals surface area (Å²) in [6, 6.07) is 0. The molecule has 3 heteroatoms. The van der Waals surface area contributed by atoms with E-state index in [0.29, 0.717) is 29.7 Å². The number of rotatable bonds is 0. The van der Waals surface area contributed by atoms with Gasteiger partial charge in [-0.3, -0.25) is 9.59 Å². The Kier molecular flexibility index (Phi) is 2.54. The minimum absolute atomic E-state index is 0.102. The zero-order valence-electron chi connectivity index (χ0n) is 10.2. The van der Waals surface area contributed by atoms with Crippen LogP contribution in [0.2, 0.25) is 0 Å². The molecule has 1 heterocycles. The van der Waals surface area contributed by atoms with Crippen LogP contribution in [-0.2, 0) is 14.3 Å². The summed E-state index contributed by atoms with van der Waals surface area (Å²) >= 11 is 0. The molecule has 0 unspecified atom stereocenters. The number of hydrogen-bond donors (Lipinski definition) is 0. The number of fused-ring (bicyclic) bond motifs is 3. The first-order valence-corrected chi connectivity index (χ1v) is 6.22. The lowest BCUT2D eigenvalue weighted by Crippen LogP contribution is -2.23. The maximum Gasteiger partial charge on any atom is 0.232 e. The van der Waals surface area contributed by atoms with Gasteiger partial charge in [-0.2, -0.15) is 0 Å². The van der Waals surface area contributed by atoms with Crippen molar-refractivity contribution < 1.29 is 14.3 Å². The van der Waals surface area contributed by atoms with Crippen molar-refractivity contribution >= 4 is 11.6 Å². The van der Waals surface area contributed by atoms with Crippen LogP contribution in [-0.4, -0.2) is 17.7 Å². The number of allylic oxidation sites excluding steroid dienone is 7. The average molecular weight is 242 g/mol.